The maximum absolute atomic E-state index is 12.2. The number of carbonyl (C=O) groups is 1. The molecule has 2 heterocycles. The molecule has 106 valence electrons. The first-order valence-electron chi connectivity index (χ1n) is 6.30. The van der Waals surface area contributed by atoms with Crippen molar-refractivity contribution >= 4 is 34.5 Å². The van der Waals surface area contributed by atoms with E-state index in [9.17, 15) is 4.79 Å². The molecule has 21 heavy (non-hydrogen) atoms. The number of nitrogens with zero attached hydrogens (tertiary/aromatic N) is 1. The molecule has 0 fully saturated rings. The maximum atomic E-state index is 12.2. The minimum absolute atomic E-state index is 0.254. The van der Waals surface area contributed by atoms with Gasteiger partial charge in [-0.25, -0.2) is 0 Å². The number of anilines is 1. The van der Waals surface area contributed by atoms with Crippen LogP contribution < -0.4 is 5.32 Å². The molecule has 3 aromatic rings. The summed E-state index contributed by atoms with van der Waals surface area (Å²) in [5.41, 5.74) is 2.80. The zero-order valence-corrected chi connectivity index (χ0v) is 12.8. The van der Waals surface area contributed by atoms with Crippen molar-refractivity contribution in [2.24, 2.45) is 0 Å². The summed E-state index contributed by atoms with van der Waals surface area (Å²) in [5.74, 6) is -0.254. The van der Waals surface area contributed by atoms with E-state index in [-0.39, 0.29) is 5.91 Å². The average Bonchev–Trinajstić information content (AvgIpc) is 3.12. The van der Waals surface area contributed by atoms with E-state index in [0.29, 0.717) is 16.4 Å². The zero-order chi connectivity index (χ0) is 14.8. The van der Waals surface area contributed by atoms with E-state index in [0.717, 1.165) is 16.1 Å². The molecule has 0 saturated heterocycles. The van der Waals surface area contributed by atoms with E-state index in [4.69, 9.17) is 11.6 Å². The first kappa shape index (κ1) is 13.9. The van der Waals surface area contributed by atoms with Crippen molar-refractivity contribution < 1.29 is 4.79 Å². The van der Waals surface area contributed by atoms with Crippen LogP contribution in [0.1, 0.15) is 16.1 Å². The van der Waals surface area contributed by atoms with E-state index in [1.54, 1.807) is 29.5 Å². The van der Waals surface area contributed by atoms with Crippen molar-refractivity contribution in [1.82, 2.24) is 10.2 Å². The molecule has 2 aromatic heterocycles. The Morgan fingerprint density at radius 2 is 2.19 bits per heavy atom. The van der Waals surface area contributed by atoms with Crippen molar-refractivity contribution in [2.45, 2.75) is 6.92 Å². The molecule has 0 aliphatic heterocycles. The number of nitrogens with one attached hydrogen (secondary N) is 2. The van der Waals surface area contributed by atoms with Crippen LogP contribution in [-0.4, -0.2) is 16.1 Å². The van der Waals surface area contributed by atoms with Gasteiger partial charge in [-0.1, -0.05) is 17.7 Å². The van der Waals surface area contributed by atoms with Crippen molar-refractivity contribution in [3.8, 4) is 10.6 Å². The van der Waals surface area contributed by atoms with Gasteiger partial charge in [0.1, 0.15) is 0 Å². The van der Waals surface area contributed by atoms with Crippen molar-refractivity contribution in [3.05, 3.63) is 58.1 Å². The van der Waals surface area contributed by atoms with Crippen molar-refractivity contribution in [2.75, 3.05) is 5.32 Å². The molecule has 0 atom stereocenters. The second-order valence-electron chi connectivity index (χ2n) is 4.56. The van der Waals surface area contributed by atoms with Gasteiger partial charge in [0, 0.05) is 10.7 Å². The highest BCUT2D eigenvalue weighted by Crippen LogP contribution is 2.24. The molecule has 0 bridgehead atoms. The number of halogens is 1. The summed E-state index contributed by atoms with van der Waals surface area (Å²) >= 11 is 7.56. The van der Waals surface area contributed by atoms with Crippen LogP contribution in [0.4, 0.5) is 5.69 Å². The summed E-state index contributed by atoms with van der Waals surface area (Å²) in [4.78, 5) is 13.2. The third kappa shape index (κ3) is 2.99. The number of aromatic nitrogens is 2. The van der Waals surface area contributed by atoms with E-state index in [1.165, 1.54) is 0 Å². The van der Waals surface area contributed by atoms with Crippen molar-refractivity contribution in [1.29, 1.82) is 0 Å². The van der Waals surface area contributed by atoms with Crippen LogP contribution in [0.5, 0.6) is 0 Å². The van der Waals surface area contributed by atoms with Crippen LogP contribution in [0.3, 0.4) is 0 Å². The molecule has 0 aliphatic carbocycles. The predicted molar refractivity (Wildman–Crippen MR) is 86.0 cm³/mol. The smallest absolute Gasteiger partial charge is 0.276 e. The van der Waals surface area contributed by atoms with Gasteiger partial charge in [0.05, 0.1) is 10.6 Å². The Labute approximate surface area is 130 Å². The Morgan fingerprint density at radius 1 is 1.33 bits per heavy atom. The fourth-order valence-corrected chi connectivity index (χ4v) is 2.72. The summed E-state index contributed by atoms with van der Waals surface area (Å²) in [6.45, 7) is 1.89. The zero-order valence-electron chi connectivity index (χ0n) is 11.2. The van der Waals surface area contributed by atoms with Crippen LogP contribution in [-0.2, 0) is 0 Å². The number of hydrogen-bond acceptors (Lipinski definition) is 3. The van der Waals surface area contributed by atoms with Gasteiger partial charge in [-0.3, -0.25) is 9.89 Å². The lowest BCUT2D eigenvalue weighted by molar-refractivity contribution is 0.102. The quantitative estimate of drug-likeness (QED) is 0.754. The Bertz CT molecular complexity index is 780. The Kier molecular flexibility index (Phi) is 3.77. The summed E-state index contributed by atoms with van der Waals surface area (Å²) < 4.78 is 0. The standard InChI is InChI=1S/C15H12ClN3OS/c1-9-7-10(4-5-11(9)16)17-15(20)13-8-12(18-19-13)14-3-2-6-21-14/h2-8H,1H3,(H,17,20)(H,18,19). The molecular weight excluding hydrogens is 306 g/mol. The van der Waals surface area contributed by atoms with Gasteiger partial charge in [0.25, 0.3) is 5.91 Å². The normalized spacial score (nSPS) is 10.6. The molecule has 6 heteroatoms. The maximum Gasteiger partial charge on any atom is 0.276 e. The van der Waals surface area contributed by atoms with Gasteiger partial charge in [0.2, 0.25) is 0 Å². The fourth-order valence-electron chi connectivity index (χ4n) is 1.91. The Hall–Kier alpha value is -2.11. The molecule has 0 aliphatic rings. The second-order valence-corrected chi connectivity index (χ2v) is 5.92. The third-order valence-electron chi connectivity index (χ3n) is 3.01. The van der Waals surface area contributed by atoms with Crippen LogP contribution >= 0.6 is 22.9 Å². The number of rotatable bonds is 3. The van der Waals surface area contributed by atoms with E-state index in [2.05, 4.69) is 15.5 Å². The van der Waals surface area contributed by atoms with Crippen LogP contribution in [0.2, 0.25) is 5.02 Å². The molecule has 2 N–H and O–H groups in total. The van der Waals surface area contributed by atoms with Crippen molar-refractivity contribution in [3.63, 3.8) is 0 Å². The van der Waals surface area contributed by atoms with Crippen LogP contribution in [0.25, 0.3) is 10.6 Å². The molecule has 1 aromatic carbocycles. The van der Waals surface area contributed by atoms with Gasteiger partial charge in [0.15, 0.2) is 5.69 Å². The van der Waals surface area contributed by atoms with Gasteiger partial charge >= 0.3 is 0 Å². The Balaban J connectivity index is 1.78. The molecule has 0 unspecified atom stereocenters. The van der Waals surface area contributed by atoms with Crippen LogP contribution in [0, 0.1) is 6.92 Å². The Morgan fingerprint density at radius 3 is 2.90 bits per heavy atom. The fraction of sp³-hybridized carbons (Fsp3) is 0.0667. The lowest BCUT2D eigenvalue weighted by Gasteiger charge is -2.05. The van der Waals surface area contributed by atoms with E-state index >= 15 is 0 Å². The summed E-state index contributed by atoms with van der Waals surface area (Å²) in [6, 6.07) is 11.0. The number of benzene rings is 1. The molecular formula is C15H12ClN3OS. The minimum Gasteiger partial charge on any atom is -0.321 e. The number of amides is 1. The number of aromatic amines is 1. The summed E-state index contributed by atoms with van der Waals surface area (Å²) in [6.07, 6.45) is 0. The molecule has 3 rings (SSSR count). The molecule has 1 amide bonds. The number of thiophene rings is 1. The highest BCUT2D eigenvalue weighted by Gasteiger charge is 2.12. The number of carbonyl (C=O) groups excluding carboxylic acids is 1. The first-order valence-corrected chi connectivity index (χ1v) is 7.56. The van der Waals surface area contributed by atoms with Crippen LogP contribution in [0.15, 0.2) is 41.8 Å². The topological polar surface area (TPSA) is 57.8 Å². The third-order valence-corrected chi connectivity index (χ3v) is 4.34. The largest absolute Gasteiger partial charge is 0.321 e. The molecule has 4 nitrogen and oxygen atoms in total. The monoisotopic (exact) mass is 317 g/mol. The minimum atomic E-state index is -0.254. The van der Waals surface area contributed by atoms with E-state index in [1.807, 2.05) is 30.5 Å². The molecule has 0 saturated carbocycles. The van der Waals surface area contributed by atoms with Gasteiger partial charge in [-0.15, -0.1) is 11.3 Å². The van der Waals surface area contributed by atoms with Gasteiger partial charge in [-0.2, -0.15) is 5.10 Å². The number of aryl methyl sites for hydroxylation is 1. The molecule has 0 spiro atoms. The second kappa shape index (κ2) is 5.71. The summed E-state index contributed by atoms with van der Waals surface area (Å²) in [7, 11) is 0. The van der Waals surface area contributed by atoms with Gasteiger partial charge in [-0.05, 0) is 48.2 Å². The predicted octanol–water partition coefficient (Wildman–Crippen LogP) is 4.35. The SMILES string of the molecule is Cc1cc(NC(=O)c2cc(-c3cccs3)[nH]n2)ccc1Cl. The highest BCUT2D eigenvalue weighted by molar-refractivity contribution is 7.13. The molecule has 0 radical (unpaired) electrons. The summed E-state index contributed by atoms with van der Waals surface area (Å²) in [5, 5.41) is 12.4. The first-order chi connectivity index (χ1) is 10.1. The van der Waals surface area contributed by atoms with E-state index < -0.39 is 0 Å². The number of hydrogen-bond donors (Lipinski definition) is 2. The lowest BCUT2D eigenvalue weighted by atomic mass is 10.2. The highest BCUT2D eigenvalue weighted by atomic mass is 35.5. The average molecular weight is 318 g/mol. The lowest BCUT2D eigenvalue weighted by Crippen LogP contribution is -2.12. The van der Waals surface area contributed by atoms with Gasteiger partial charge < -0.3 is 5.32 Å². The number of H-pyrrole nitrogens is 1.